The second-order valence-corrected chi connectivity index (χ2v) is 6.17. The Kier molecular flexibility index (Phi) is 4.52. The molecule has 4 rings (SSSR count). The number of fused-ring (bicyclic) bond motifs is 1. The van der Waals surface area contributed by atoms with Gasteiger partial charge >= 0.3 is 0 Å². The number of para-hydroxylation sites is 1. The van der Waals surface area contributed by atoms with E-state index in [1.165, 1.54) is 0 Å². The number of carbonyl (C=O) groups is 1. The molecule has 2 aromatic rings. The third-order valence-corrected chi connectivity index (χ3v) is 4.44. The quantitative estimate of drug-likeness (QED) is 0.837. The highest BCUT2D eigenvalue weighted by Gasteiger charge is 2.30. The monoisotopic (exact) mass is 340 g/mol. The largest absolute Gasteiger partial charge is 0.454 e. The summed E-state index contributed by atoms with van der Waals surface area (Å²) >= 11 is 0. The first-order chi connectivity index (χ1) is 12.3. The minimum Gasteiger partial charge on any atom is -0.454 e. The fraction of sp³-hybridized carbons (Fsp3) is 0.368. The van der Waals surface area contributed by atoms with E-state index < -0.39 is 0 Å². The topological polar surface area (TPSA) is 60.9 Å². The van der Waals surface area contributed by atoms with Crippen LogP contribution in [-0.4, -0.2) is 35.3 Å². The van der Waals surface area contributed by atoms with Crippen LogP contribution < -0.4 is 9.47 Å². The SMILES string of the molecule is O=C(C1CCCO1)N(Cc1ccccn1)Cc1cccc2c1OCO2. The van der Waals surface area contributed by atoms with Crippen LogP contribution in [0.4, 0.5) is 0 Å². The molecule has 1 atom stereocenters. The molecule has 1 amide bonds. The summed E-state index contributed by atoms with van der Waals surface area (Å²) in [6, 6.07) is 11.5. The lowest BCUT2D eigenvalue weighted by atomic mass is 10.1. The molecular weight excluding hydrogens is 320 g/mol. The minimum absolute atomic E-state index is 0.000304. The van der Waals surface area contributed by atoms with Gasteiger partial charge in [0.15, 0.2) is 11.5 Å². The molecule has 25 heavy (non-hydrogen) atoms. The number of amides is 1. The van der Waals surface area contributed by atoms with Gasteiger partial charge in [0.1, 0.15) is 6.10 Å². The molecule has 6 nitrogen and oxygen atoms in total. The standard InChI is InChI=1S/C19H20N2O4/c22-19(17-8-4-10-23-17)21(12-15-6-1-2-9-20-15)11-14-5-3-7-16-18(14)25-13-24-16/h1-3,5-7,9,17H,4,8,10-13H2. The molecule has 2 aliphatic heterocycles. The van der Waals surface area contributed by atoms with Gasteiger partial charge in [0, 0.05) is 24.9 Å². The Morgan fingerprint density at radius 2 is 2.12 bits per heavy atom. The van der Waals surface area contributed by atoms with Crippen molar-refractivity contribution in [3.8, 4) is 11.5 Å². The fourth-order valence-corrected chi connectivity index (χ4v) is 3.20. The molecule has 2 aliphatic rings. The number of benzene rings is 1. The summed E-state index contributed by atoms with van der Waals surface area (Å²) in [5.41, 5.74) is 1.77. The van der Waals surface area contributed by atoms with Crippen molar-refractivity contribution < 1.29 is 19.0 Å². The molecule has 0 N–H and O–H groups in total. The molecule has 1 aromatic carbocycles. The zero-order valence-electron chi connectivity index (χ0n) is 13.9. The minimum atomic E-state index is -0.363. The Bertz CT molecular complexity index is 744. The van der Waals surface area contributed by atoms with Crippen molar-refractivity contribution in [2.75, 3.05) is 13.4 Å². The average molecular weight is 340 g/mol. The highest BCUT2D eigenvalue weighted by atomic mass is 16.7. The highest BCUT2D eigenvalue weighted by molar-refractivity contribution is 5.81. The first-order valence-corrected chi connectivity index (χ1v) is 8.49. The summed E-state index contributed by atoms with van der Waals surface area (Å²) in [7, 11) is 0. The summed E-state index contributed by atoms with van der Waals surface area (Å²) < 4.78 is 16.6. The van der Waals surface area contributed by atoms with E-state index >= 15 is 0 Å². The van der Waals surface area contributed by atoms with Crippen LogP contribution in [0.3, 0.4) is 0 Å². The Morgan fingerprint density at radius 1 is 1.16 bits per heavy atom. The molecule has 0 radical (unpaired) electrons. The highest BCUT2D eigenvalue weighted by Crippen LogP contribution is 2.36. The Morgan fingerprint density at radius 3 is 2.92 bits per heavy atom. The van der Waals surface area contributed by atoms with Gasteiger partial charge in [-0.1, -0.05) is 18.2 Å². The maximum absolute atomic E-state index is 13.0. The van der Waals surface area contributed by atoms with Crippen LogP contribution >= 0.6 is 0 Å². The number of hydrogen-bond acceptors (Lipinski definition) is 5. The van der Waals surface area contributed by atoms with Gasteiger partial charge in [-0.2, -0.15) is 0 Å². The van der Waals surface area contributed by atoms with Crippen LogP contribution in [0.25, 0.3) is 0 Å². The van der Waals surface area contributed by atoms with Crippen molar-refractivity contribution in [3.63, 3.8) is 0 Å². The summed E-state index contributed by atoms with van der Waals surface area (Å²) in [6.07, 6.45) is 3.06. The molecule has 0 bridgehead atoms. The van der Waals surface area contributed by atoms with E-state index in [2.05, 4.69) is 4.98 Å². The van der Waals surface area contributed by atoms with E-state index in [0.717, 1.165) is 29.8 Å². The lowest BCUT2D eigenvalue weighted by Gasteiger charge is -2.25. The van der Waals surface area contributed by atoms with Gasteiger partial charge in [0.05, 0.1) is 12.2 Å². The number of nitrogens with zero attached hydrogens (tertiary/aromatic N) is 2. The molecular formula is C19H20N2O4. The number of ether oxygens (including phenoxy) is 3. The lowest BCUT2D eigenvalue weighted by molar-refractivity contribution is -0.142. The molecule has 3 heterocycles. The number of hydrogen-bond donors (Lipinski definition) is 0. The van der Waals surface area contributed by atoms with Crippen LogP contribution in [0, 0.1) is 0 Å². The molecule has 0 saturated carbocycles. The Labute approximate surface area is 146 Å². The van der Waals surface area contributed by atoms with E-state index in [1.54, 1.807) is 11.1 Å². The van der Waals surface area contributed by atoms with E-state index in [9.17, 15) is 4.79 Å². The maximum Gasteiger partial charge on any atom is 0.252 e. The van der Waals surface area contributed by atoms with Crippen LogP contribution in [-0.2, 0) is 22.6 Å². The smallest absolute Gasteiger partial charge is 0.252 e. The van der Waals surface area contributed by atoms with Crippen LogP contribution in [0.2, 0.25) is 0 Å². The molecule has 1 aromatic heterocycles. The third kappa shape index (κ3) is 3.44. The summed E-state index contributed by atoms with van der Waals surface area (Å²) in [5.74, 6) is 1.44. The van der Waals surface area contributed by atoms with Gasteiger partial charge in [0.25, 0.3) is 5.91 Å². The van der Waals surface area contributed by atoms with Crippen molar-refractivity contribution in [2.24, 2.45) is 0 Å². The van der Waals surface area contributed by atoms with Gasteiger partial charge in [-0.25, -0.2) is 0 Å². The molecule has 6 heteroatoms. The van der Waals surface area contributed by atoms with Crippen molar-refractivity contribution in [1.29, 1.82) is 0 Å². The maximum atomic E-state index is 13.0. The van der Waals surface area contributed by atoms with Gasteiger partial charge in [-0.05, 0) is 31.0 Å². The zero-order chi connectivity index (χ0) is 17.1. The van der Waals surface area contributed by atoms with Crippen molar-refractivity contribution >= 4 is 5.91 Å². The molecule has 0 spiro atoms. The lowest BCUT2D eigenvalue weighted by Crippen LogP contribution is -2.38. The van der Waals surface area contributed by atoms with E-state index in [-0.39, 0.29) is 18.8 Å². The van der Waals surface area contributed by atoms with Crippen molar-refractivity contribution in [1.82, 2.24) is 9.88 Å². The first kappa shape index (κ1) is 15.9. The number of carbonyl (C=O) groups excluding carboxylic acids is 1. The predicted molar refractivity (Wildman–Crippen MR) is 90.0 cm³/mol. The van der Waals surface area contributed by atoms with E-state index in [1.807, 2.05) is 36.4 Å². The van der Waals surface area contributed by atoms with Crippen LogP contribution in [0.15, 0.2) is 42.6 Å². The fourth-order valence-electron chi connectivity index (χ4n) is 3.20. The third-order valence-electron chi connectivity index (χ3n) is 4.44. The number of aromatic nitrogens is 1. The number of rotatable bonds is 5. The average Bonchev–Trinajstić information content (AvgIpc) is 3.33. The van der Waals surface area contributed by atoms with Gasteiger partial charge in [-0.15, -0.1) is 0 Å². The summed E-state index contributed by atoms with van der Waals surface area (Å²) in [4.78, 5) is 19.1. The van der Waals surface area contributed by atoms with Crippen molar-refractivity contribution in [3.05, 3.63) is 53.9 Å². The van der Waals surface area contributed by atoms with E-state index in [4.69, 9.17) is 14.2 Å². The number of pyridine rings is 1. The second-order valence-electron chi connectivity index (χ2n) is 6.17. The van der Waals surface area contributed by atoms with Crippen LogP contribution in [0.5, 0.6) is 11.5 Å². The molecule has 130 valence electrons. The van der Waals surface area contributed by atoms with Crippen molar-refractivity contribution in [2.45, 2.75) is 32.0 Å². The summed E-state index contributed by atoms with van der Waals surface area (Å²) in [6.45, 7) is 1.73. The molecule has 1 saturated heterocycles. The first-order valence-electron chi connectivity index (χ1n) is 8.49. The Hall–Kier alpha value is -2.60. The normalized spacial score (nSPS) is 18.3. The van der Waals surface area contributed by atoms with E-state index in [0.29, 0.717) is 25.4 Å². The van der Waals surface area contributed by atoms with Gasteiger partial charge in [0.2, 0.25) is 6.79 Å². The molecule has 1 fully saturated rings. The zero-order valence-corrected chi connectivity index (χ0v) is 13.9. The van der Waals surface area contributed by atoms with Gasteiger partial charge < -0.3 is 19.1 Å². The second kappa shape index (κ2) is 7.11. The molecule has 0 aliphatic carbocycles. The van der Waals surface area contributed by atoms with Crippen LogP contribution in [0.1, 0.15) is 24.1 Å². The molecule has 1 unspecified atom stereocenters. The summed E-state index contributed by atoms with van der Waals surface area (Å²) in [5, 5.41) is 0. The predicted octanol–water partition coefficient (Wildman–Crippen LogP) is 2.52. The Balaban J connectivity index is 1.58. The van der Waals surface area contributed by atoms with Gasteiger partial charge in [-0.3, -0.25) is 9.78 Å².